The molecule has 1 unspecified atom stereocenters. The summed E-state index contributed by atoms with van der Waals surface area (Å²) in [7, 11) is 0. The zero-order valence-corrected chi connectivity index (χ0v) is 9.58. The maximum Gasteiger partial charge on any atom is 0.328 e. The van der Waals surface area contributed by atoms with Crippen LogP contribution in [0.1, 0.15) is 25.3 Å². The number of hydrogen-bond acceptors (Lipinski definition) is 2. The van der Waals surface area contributed by atoms with Gasteiger partial charge in [-0.05, 0) is 19.3 Å². The molecule has 6 heteroatoms. The Balaban J connectivity index is 2.62. The standard InChI is InChI=1S/C9H12Cl2N2O2/c10-4-2-1-3-8(9(14)15)13-6-7(11)5-12-13/h5-6,8H,1-4H2,(H,14,15). The Kier molecular flexibility index (Phi) is 4.91. The molecular formula is C9H12Cl2N2O2. The number of halogens is 2. The second-order valence-electron chi connectivity index (χ2n) is 3.18. The molecule has 0 amide bonds. The highest BCUT2D eigenvalue weighted by molar-refractivity contribution is 6.30. The van der Waals surface area contributed by atoms with E-state index < -0.39 is 12.0 Å². The molecule has 0 bridgehead atoms. The Labute approximate surface area is 97.8 Å². The first-order valence-corrected chi connectivity index (χ1v) is 5.55. The second-order valence-corrected chi connectivity index (χ2v) is 3.99. The molecule has 1 atom stereocenters. The highest BCUT2D eigenvalue weighted by atomic mass is 35.5. The number of hydrogen-bond donors (Lipinski definition) is 1. The van der Waals surface area contributed by atoms with Gasteiger partial charge in [-0.1, -0.05) is 11.6 Å². The molecule has 0 fully saturated rings. The minimum Gasteiger partial charge on any atom is -0.480 e. The Morgan fingerprint density at radius 2 is 2.33 bits per heavy atom. The number of rotatable bonds is 6. The van der Waals surface area contributed by atoms with Gasteiger partial charge in [-0.3, -0.25) is 4.68 Å². The lowest BCUT2D eigenvalue weighted by Crippen LogP contribution is -2.19. The maximum atomic E-state index is 11.0. The predicted molar refractivity (Wildman–Crippen MR) is 58.5 cm³/mol. The molecule has 84 valence electrons. The first-order valence-electron chi connectivity index (χ1n) is 4.63. The van der Waals surface area contributed by atoms with Gasteiger partial charge in [-0.25, -0.2) is 4.79 Å². The molecule has 1 N–H and O–H groups in total. The first-order chi connectivity index (χ1) is 7.15. The van der Waals surface area contributed by atoms with E-state index in [1.807, 2.05) is 0 Å². The van der Waals surface area contributed by atoms with Gasteiger partial charge in [0.1, 0.15) is 6.04 Å². The van der Waals surface area contributed by atoms with Crippen molar-refractivity contribution in [2.45, 2.75) is 25.3 Å². The van der Waals surface area contributed by atoms with Crippen LogP contribution in [-0.2, 0) is 4.79 Å². The summed E-state index contributed by atoms with van der Waals surface area (Å²) >= 11 is 11.2. The van der Waals surface area contributed by atoms with Crippen molar-refractivity contribution in [1.29, 1.82) is 0 Å². The highest BCUT2D eigenvalue weighted by Crippen LogP contribution is 2.17. The lowest BCUT2D eigenvalue weighted by molar-refractivity contribution is -0.141. The number of aliphatic carboxylic acids is 1. The van der Waals surface area contributed by atoms with Gasteiger partial charge in [0, 0.05) is 12.1 Å². The number of nitrogens with zero attached hydrogens (tertiary/aromatic N) is 2. The van der Waals surface area contributed by atoms with E-state index >= 15 is 0 Å². The van der Waals surface area contributed by atoms with E-state index in [9.17, 15) is 4.79 Å². The Hall–Kier alpha value is -0.740. The smallest absolute Gasteiger partial charge is 0.328 e. The molecule has 0 aliphatic rings. The van der Waals surface area contributed by atoms with Crippen LogP contribution in [0.4, 0.5) is 0 Å². The average molecular weight is 251 g/mol. The molecule has 4 nitrogen and oxygen atoms in total. The third kappa shape index (κ3) is 3.72. The van der Waals surface area contributed by atoms with E-state index in [0.29, 0.717) is 17.3 Å². The molecule has 15 heavy (non-hydrogen) atoms. The fraction of sp³-hybridized carbons (Fsp3) is 0.556. The molecule has 1 aromatic heterocycles. The number of alkyl halides is 1. The summed E-state index contributed by atoms with van der Waals surface area (Å²) in [6.45, 7) is 0. The minimum atomic E-state index is -0.899. The van der Waals surface area contributed by atoms with Crippen LogP contribution in [0.5, 0.6) is 0 Å². The van der Waals surface area contributed by atoms with Crippen LogP contribution in [0.25, 0.3) is 0 Å². The van der Waals surface area contributed by atoms with E-state index in [1.54, 1.807) is 0 Å². The number of carboxylic acids is 1. The first kappa shape index (κ1) is 12.3. The summed E-state index contributed by atoms with van der Waals surface area (Å²) in [5.74, 6) is -0.351. The van der Waals surface area contributed by atoms with E-state index in [-0.39, 0.29) is 0 Å². The Morgan fingerprint density at radius 3 is 2.80 bits per heavy atom. The molecular weight excluding hydrogens is 239 g/mol. The summed E-state index contributed by atoms with van der Waals surface area (Å²) < 4.78 is 1.37. The van der Waals surface area contributed by atoms with Crippen LogP contribution in [-0.4, -0.2) is 26.7 Å². The van der Waals surface area contributed by atoms with Gasteiger partial charge in [-0.2, -0.15) is 5.10 Å². The number of aromatic nitrogens is 2. The normalized spacial score (nSPS) is 12.7. The Bertz CT molecular complexity index is 328. The SMILES string of the molecule is O=C(O)C(CCCCCl)n1cc(Cl)cn1. The topological polar surface area (TPSA) is 55.1 Å². The Morgan fingerprint density at radius 1 is 1.60 bits per heavy atom. The highest BCUT2D eigenvalue weighted by Gasteiger charge is 2.19. The molecule has 0 spiro atoms. The summed E-state index contributed by atoms with van der Waals surface area (Å²) in [5.41, 5.74) is 0. The van der Waals surface area contributed by atoms with Gasteiger partial charge in [0.25, 0.3) is 0 Å². The molecule has 1 heterocycles. The maximum absolute atomic E-state index is 11.0. The molecule has 1 rings (SSSR count). The number of carbonyl (C=O) groups is 1. The third-order valence-corrected chi connectivity index (χ3v) is 2.50. The van der Waals surface area contributed by atoms with Gasteiger partial charge in [0.2, 0.25) is 0 Å². The lowest BCUT2D eigenvalue weighted by Gasteiger charge is -2.11. The van der Waals surface area contributed by atoms with Crippen molar-refractivity contribution >= 4 is 29.2 Å². The van der Waals surface area contributed by atoms with Crippen LogP contribution >= 0.6 is 23.2 Å². The summed E-state index contributed by atoms with van der Waals surface area (Å²) in [6.07, 6.45) is 5.03. The average Bonchev–Trinajstić information content (AvgIpc) is 2.59. The summed E-state index contributed by atoms with van der Waals surface area (Å²) in [6, 6.07) is -0.652. The van der Waals surface area contributed by atoms with Crippen molar-refractivity contribution in [3.8, 4) is 0 Å². The molecule has 0 saturated heterocycles. The zero-order valence-electron chi connectivity index (χ0n) is 8.07. The van der Waals surface area contributed by atoms with Crippen molar-refractivity contribution in [3.63, 3.8) is 0 Å². The van der Waals surface area contributed by atoms with E-state index in [0.717, 1.165) is 12.8 Å². The quantitative estimate of drug-likeness (QED) is 0.624. The second kappa shape index (κ2) is 5.98. The van der Waals surface area contributed by atoms with Gasteiger partial charge in [0.05, 0.1) is 11.2 Å². The lowest BCUT2D eigenvalue weighted by atomic mass is 10.1. The number of unbranched alkanes of at least 4 members (excludes halogenated alkanes) is 1. The van der Waals surface area contributed by atoms with Crippen LogP contribution in [0, 0.1) is 0 Å². The van der Waals surface area contributed by atoms with Crippen LogP contribution in [0.3, 0.4) is 0 Å². The third-order valence-electron chi connectivity index (χ3n) is 2.04. The van der Waals surface area contributed by atoms with Crippen molar-refractivity contribution in [1.82, 2.24) is 9.78 Å². The summed E-state index contributed by atoms with van der Waals surface area (Å²) in [5, 5.41) is 13.3. The van der Waals surface area contributed by atoms with Crippen molar-refractivity contribution in [2.75, 3.05) is 5.88 Å². The fourth-order valence-corrected chi connectivity index (χ4v) is 1.62. The van der Waals surface area contributed by atoms with Crippen molar-refractivity contribution in [2.24, 2.45) is 0 Å². The van der Waals surface area contributed by atoms with Gasteiger partial charge in [-0.15, -0.1) is 11.6 Å². The van der Waals surface area contributed by atoms with E-state index in [1.165, 1.54) is 17.1 Å². The van der Waals surface area contributed by atoms with Crippen molar-refractivity contribution < 1.29 is 9.90 Å². The number of carboxylic acid groups (broad SMARTS) is 1. The molecule has 0 aliphatic carbocycles. The van der Waals surface area contributed by atoms with Crippen LogP contribution < -0.4 is 0 Å². The largest absolute Gasteiger partial charge is 0.480 e. The van der Waals surface area contributed by atoms with Gasteiger partial charge < -0.3 is 5.11 Å². The van der Waals surface area contributed by atoms with Gasteiger partial charge >= 0.3 is 5.97 Å². The zero-order chi connectivity index (χ0) is 11.3. The van der Waals surface area contributed by atoms with Crippen LogP contribution in [0.2, 0.25) is 5.02 Å². The summed E-state index contributed by atoms with van der Waals surface area (Å²) in [4.78, 5) is 11.0. The molecule has 0 aliphatic heterocycles. The minimum absolute atomic E-state index is 0.443. The molecule has 0 radical (unpaired) electrons. The predicted octanol–water partition coefficient (Wildman–Crippen LogP) is 2.57. The molecule has 0 saturated carbocycles. The molecule has 1 aromatic rings. The van der Waals surface area contributed by atoms with Crippen LogP contribution in [0.15, 0.2) is 12.4 Å². The monoisotopic (exact) mass is 250 g/mol. The van der Waals surface area contributed by atoms with E-state index in [2.05, 4.69) is 5.10 Å². The van der Waals surface area contributed by atoms with Crippen molar-refractivity contribution in [3.05, 3.63) is 17.4 Å². The molecule has 0 aromatic carbocycles. The van der Waals surface area contributed by atoms with Gasteiger partial charge in [0.15, 0.2) is 0 Å². The van der Waals surface area contributed by atoms with E-state index in [4.69, 9.17) is 28.3 Å². The fourth-order valence-electron chi connectivity index (χ4n) is 1.29.